The fourth-order valence-corrected chi connectivity index (χ4v) is 5.39. The summed E-state index contributed by atoms with van der Waals surface area (Å²) >= 11 is 13.0. The van der Waals surface area contributed by atoms with Crippen LogP contribution >= 0.6 is 23.2 Å². The van der Waals surface area contributed by atoms with E-state index in [1.165, 1.54) is 12.0 Å². The lowest BCUT2D eigenvalue weighted by atomic mass is 9.76. The van der Waals surface area contributed by atoms with Gasteiger partial charge < -0.3 is 0 Å². The predicted molar refractivity (Wildman–Crippen MR) is 82.6 cm³/mol. The van der Waals surface area contributed by atoms with Crippen molar-refractivity contribution in [1.82, 2.24) is 5.32 Å². The van der Waals surface area contributed by atoms with Gasteiger partial charge in [-0.25, -0.2) is 0 Å². The Labute approximate surface area is 126 Å². The number of fused-ring (bicyclic) bond motifs is 2. The number of alkyl halides is 2. The van der Waals surface area contributed by atoms with Crippen molar-refractivity contribution in [3.05, 3.63) is 24.8 Å². The molecule has 1 aliphatic heterocycles. The van der Waals surface area contributed by atoms with Crippen molar-refractivity contribution in [1.29, 1.82) is 0 Å². The van der Waals surface area contributed by atoms with Crippen LogP contribution < -0.4 is 5.32 Å². The highest BCUT2D eigenvalue weighted by atomic mass is 35.5. The Balaban J connectivity index is 1.85. The average molecular weight is 300 g/mol. The van der Waals surface area contributed by atoms with Gasteiger partial charge in [-0.1, -0.05) is 18.2 Å². The maximum Gasteiger partial charge on any atom is 0.0896 e. The molecule has 2 aliphatic carbocycles. The zero-order valence-corrected chi connectivity index (χ0v) is 12.8. The SMILES string of the molecule is C=CC1CC(=C)C2C(Cl)NC3CCC(Cl)CC3CC12. The Kier molecular flexibility index (Phi) is 3.99. The van der Waals surface area contributed by atoms with Gasteiger partial charge in [-0.05, 0) is 49.9 Å². The first-order valence-corrected chi connectivity index (χ1v) is 8.32. The van der Waals surface area contributed by atoms with Crippen LogP contribution in [-0.2, 0) is 0 Å². The highest BCUT2D eigenvalue weighted by Gasteiger charge is 2.47. The van der Waals surface area contributed by atoms with Gasteiger partial charge in [0.25, 0.3) is 0 Å². The molecular formula is C16H23Cl2N. The van der Waals surface area contributed by atoms with E-state index in [9.17, 15) is 0 Å². The van der Waals surface area contributed by atoms with Crippen LogP contribution in [0.1, 0.15) is 32.1 Å². The van der Waals surface area contributed by atoms with E-state index in [0.29, 0.717) is 35.1 Å². The minimum atomic E-state index is 0.0318. The van der Waals surface area contributed by atoms with Gasteiger partial charge in [0, 0.05) is 17.3 Å². The van der Waals surface area contributed by atoms with E-state index in [1.54, 1.807) is 0 Å². The number of hydrogen-bond donors (Lipinski definition) is 1. The summed E-state index contributed by atoms with van der Waals surface area (Å²) in [5.41, 5.74) is 1.34. The third kappa shape index (κ3) is 2.50. The maximum absolute atomic E-state index is 6.66. The van der Waals surface area contributed by atoms with Crippen molar-refractivity contribution in [2.75, 3.05) is 0 Å². The van der Waals surface area contributed by atoms with Gasteiger partial charge in [0.05, 0.1) is 5.50 Å². The second kappa shape index (κ2) is 5.42. The van der Waals surface area contributed by atoms with Crippen molar-refractivity contribution >= 4 is 23.2 Å². The minimum Gasteiger partial charge on any atom is -0.298 e. The number of halogens is 2. The van der Waals surface area contributed by atoms with Gasteiger partial charge in [0.2, 0.25) is 0 Å². The lowest BCUT2D eigenvalue weighted by molar-refractivity contribution is 0.237. The second-order valence-corrected chi connectivity index (χ2v) is 7.62. The predicted octanol–water partition coefficient (Wildman–Crippen LogP) is 4.32. The molecule has 0 aromatic heterocycles. The van der Waals surface area contributed by atoms with E-state index >= 15 is 0 Å². The zero-order valence-electron chi connectivity index (χ0n) is 11.3. The Morgan fingerprint density at radius 3 is 2.74 bits per heavy atom. The molecule has 19 heavy (non-hydrogen) atoms. The Morgan fingerprint density at radius 1 is 1.21 bits per heavy atom. The maximum atomic E-state index is 6.66. The van der Waals surface area contributed by atoms with E-state index in [4.69, 9.17) is 23.2 Å². The summed E-state index contributed by atoms with van der Waals surface area (Å²) in [6.07, 6.45) is 7.80. The van der Waals surface area contributed by atoms with Crippen molar-refractivity contribution in [2.24, 2.45) is 23.7 Å². The largest absolute Gasteiger partial charge is 0.298 e. The summed E-state index contributed by atoms with van der Waals surface area (Å²) in [6.45, 7) is 8.27. The summed E-state index contributed by atoms with van der Waals surface area (Å²) in [5.74, 6) is 2.23. The molecule has 0 aromatic carbocycles. The van der Waals surface area contributed by atoms with Gasteiger partial charge in [0.15, 0.2) is 0 Å². The summed E-state index contributed by atoms with van der Waals surface area (Å²) in [4.78, 5) is 0. The number of nitrogens with one attached hydrogen (secondary N) is 1. The lowest BCUT2D eigenvalue weighted by Gasteiger charge is -2.34. The first kappa shape index (κ1) is 14.0. The van der Waals surface area contributed by atoms with Crippen molar-refractivity contribution in [2.45, 2.75) is 49.0 Å². The topological polar surface area (TPSA) is 12.0 Å². The zero-order chi connectivity index (χ0) is 13.6. The summed E-state index contributed by atoms with van der Waals surface area (Å²) in [5, 5.41) is 4.01. The van der Waals surface area contributed by atoms with Crippen LogP contribution in [0.2, 0.25) is 0 Å². The molecule has 0 radical (unpaired) electrons. The van der Waals surface area contributed by atoms with Gasteiger partial charge in [-0.3, -0.25) is 5.32 Å². The van der Waals surface area contributed by atoms with Crippen LogP contribution in [0.5, 0.6) is 0 Å². The van der Waals surface area contributed by atoms with Crippen molar-refractivity contribution in [3.63, 3.8) is 0 Å². The fourth-order valence-electron chi connectivity index (χ4n) is 4.51. The molecule has 0 bridgehead atoms. The molecular weight excluding hydrogens is 277 g/mol. The first-order valence-electron chi connectivity index (χ1n) is 7.44. The molecule has 3 heteroatoms. The third-order valence-electron chi connectivity index (χ3n) is 5.47. The van der Waals surface area contributed by atoms with E-state index < -0.39 is 0 Å². The van der Waals surface area contributed by atoms with Gasteiger partial charge in [0.1, 0.15) is 0 Å². The highest BCUT2D eigenvalue weighted by Crippen LogP contribution is 2.50. The molecule has 0 aromatic rings. The summed E-state index contributed by atoms with van der Waals surface area (Å²) in [6, 6.07) is 0.543. The standard InChI is InChI=1S/C16H23Cl2N/c1-3-10-6-9(2)15-13(10)8-11-7-12(17)4-5-14(11)19-16(15)18/h3,10-16,19H,1-2,4-8H2. The molecule has 1 nitrogen and oxygen atoms in total. The van der Waals surface area contributed by atoms with Crippen LogP contribution in [0.15, 0.2) is 24.8 Å². The molecule has 0 amide bonds. The lowest BCUT2D eigenvalue weighted by Crippen LogP contribution is -2.43. The molecule has 1 N–H and O–H groups in total. The van der Waals surface area contributed by atoms with Crippen LogP contribution in [0, 0.1) is 23.7 Å². The number of hydrogen-bond acceptors (Lipinski definition) is 1. The van der Waals surface area contributed by atoms with Crippen LogP contribution in [0.25, 0.3) is 0 Å². The van der Waals surface area contributed by atoms with Crippen molar-refractivity contribution < 1.29 is 0 Å². The Bertz CT molecular complexity index is 381. The molecule has 106 valence electrons. The molecule has 3 fully saturated rings. The smallest absolute Gasteiger partial charge is 0.0896 e. The van der Waals surface area contributed by atoms with E-state index in [1.807, 2.05) is 0 Å². The van der Waals surface area contributed by atoms with E-state index in [-0.39, 0.29) is 5.50 Å². The van der Waals surface area contributed by atoms with Gasteiger partial charge in [-0.15, -0.1) is 29.8 Å². The summed E-state index contributed by atoms with van der Waals surface area (Å²) < 4.78 is 0. The molecule has 7 atom stereocenters. The quantitative estimate of drug-likeness (QED) is 0.432. The normalized spacial score (nSPS) is 50.2. The molecule has 1 saturated heterocycles. The van der Waals surface area contributed by atoms with Gasteiger partial charge in [-0.2, -0.15) is 0 Å². The second-order valence-electron chi connectivity index (χ2n) is 6.53. The van der Waals surface area contributed by atoms with E-state index in [2.05, 4.69) is 24.6 Å². The first-order chi connectivity index (χ1) is 9.10. The van der Waals surface area contributed by atoms with Crippen molar-refractivity contribution in [3.8, 4) is 0 Å². The monoisotopic (exact) mass is 299 g/mol. The van der Waals surface area contributed by atoms with Crippen LogP contribution in [-0.4, -0.2) is 16.9 Å². The molecule has 1 heterocycles. The molecule has 3 aliphatic rings. The average Bonchev–Trinajstić information content (AvgIpc) is 2.60. The Morgan fingerprint density at radius 2 is 2.00 bits per heavy atom. The van der Waals surface area contributed by atoms with Crippen LogP contribution in [0.4, 0.5) is 0 Å². The fraction of sp³-hybridized carbons (Fsp3) is 0.750. The third-order valence-corrected chi connectivity index (χ3v) is 6.26. The highest BCUT2D eigenvalue weighted by molar-refractivity contribution is 6.21. The summed E-state index contributed by atoms with van der Waals surface area (Å²) in [7, 11) is 0. The number of rotatable bonds is 1. The molecule has 3 rings (SSSR count). The molecule has 2 saturated carbocycles. The number of allylic oxidation sites excluding steroid dienone is 1. The van der Waals surface area contributed by atoms with E-state index in [0.717, 1.165) is 25.7 Å². The van der Waals surface area contributed by atoms with Gasteiger partial charge >= 0.3 is 0 Å². The Hall–Kier alpha value is 0.0200. The van der Waals surface area contributed by atoms with Crippen LogP contribution in [0.3, 0.4) is 0 Å². The molecule has 0 spiro atoms. The molecule has 7 unspecified atom stereocenters. The minimum absolute atomic E-state index is 0.0318.